The zero-order valence-corrected chi connectivity index (χ0v) is 17.0. The van der Waals surface area contributed by atoms with Gasteiger partial charge in [-0.2, -0.15) is 0 Å². The summed E-state index contributed by atoms with van der Waals surface area (Å²) in [5, 5.41) is 3.63. The van der Waals surface area contributed by atoms with Crippen molar-refractivity contribution in [3.8, 4) is 11.5 Å². The van der Waals surface area contributed by atoms with Crippen LogP contribution in [0.5, 0.6) is 11.5 Å². The van der Waals surface area contributed by atoms with Gasteiger partial charge in [0, 0.05) is 6.07 Å². The van der Waals surface area contributed by atoms with Crippen LogP contribution in [0.25, 0.3) is 22.4 Å². The second kappa shape index (κ2) is 7.59. The van der Waals surface area contributed by atoms with Crippen LogP contribution in [0, 0.1) is 6.42 Å². The highest BCUT2D eigenvalue weighted by Gasteiger charge is 2.16. The molecule has 0 aromatic heterocycles. The predicted octanol–water partition coefficient (Wildman–Crippen LogP) is 8.24. The quantitative estimate of drug-likeness (QED) is 0.318. The normalized spacial score (nSPS) is 12.3. The summed E-state index contributed by atoms with van der Waals surface area (Å²) in [4.78, 5) is 0. The fourth-order valence-corrected chi connectivity index (χ4v) is 4.07. The summed E-state index contributed by atoms with van der Waals surface area (Å²) in [6.07, 6.45) is 5.38. The number of halogens is 2. The van der Waals surface area contributed by atoms with Crippen LogP contribution in [-0.4, -0.2) is 0 Å². The van der Waals surface area contributed by atoms with Crippen molar-refractivity contribution in [2.75, 3.05) is 0 Å². The van der Waals surface area contributed by atoms with Crippen LogP contribution in [0.1, 0.15) is 16.7 Å². The zero-order chi connectivity index (χ0) is 19.8. The molecule has 141 valence electrons. The predicted molar refractivity (Wildman–Crippen MR) is 123 cm³/mol. The Morgan fingerprint density at radius 2 is 1.55 bits per heavy atom. The Kier molecular flexibility index (Phi) is 4.79. The van der Waals surface area contributed by atoms with E-state index in [0.29, 0.717) is 15.8 Å². The van der Waals surface area contributed by atoms with Crippen LogP contribution in [0.2, 0.25) is 10.0 Å². The van der Waals surface area contributed by atoms with Gasteiger partial charge in [0.15, 0.2) is 0 Å². The molecule has 3 heteroatoms. The maximum Gasteiger partial charge on any atom is 0.129 e. The van der Waals surface area contributed by atoms with Crippen LogP contribution in [-0.2, 0) is 6.42 Å². The molecule has 0 spiro atoms. The lowest BCUT2D eigenvalue weighted by Crippen LogP contribution is -1.91. The molecule has 0 aliphatic heterocycles. The molecule has 4 aromatic carbocycles. The molecule has 0 unspecified atom stereocenters. The fraction of sp³-hybridized carbons (Fsp3) is 0.0385. The van der Waals surface area contributed by atoms with Crippen molar-refractivity contribution >= 4 is 45.6 Å². The molecule has 0 amide bonds. The Balaban J connectivity index is 1.33. The van der Waals surface area contributed by atoms with Crippen molar-refractivity contribution in [1.82, 2.24) is 0 Å². The first-order chi connectivity index (χ1) is 14.2. The van der Waals surface area contributed by atoms with Gasteiger partial charge in [-0.3, -0.25) is 0 Å². The van der Waals surface area contributed by atoms with Gasteiger partial charge >= 0.3 is 0 Å². The van der Waals surface area contributed by atoms with Crippen molar-refractivity contribution in [2.45, 2.75) is 6.42 Å². The highest BCUT2D eigenvalue weighted by atomic mass is 35.5. The SMILES string of the molecule is Clc1ccc(Oc2cccc(C[CH]C3=Cc4cccc5cccc3c45)c2)cc1Cl. The summed E-state index contributed by atoms with van der Waals surface area (Å²) < 4.78 is 5.95. The van der Waals surface area contributed by atoms with Gasteiger partial charge in [0.1, 0.15) is 11.5 Å². The molecule has 1 aliphatic carbocycles. The fourth-order valence-electron chi connectivity index (χ4n) is 3.79. The van der Waals surface area contributed by atoms with Crippen LogP contribution in [0.4, 0.5) is 0 Å². The number of hydrogen-bond donors (Lipinski definition) is 0. The molecule has 0 bridgehead atoms. The average Bonchev–Trinajstić information content (AvgIpc) is 3.10. The third-order valence-corrected chi connectivity index (χ3v) is 5.88. The second-order valence-electron chi connectivity index (χ2n) is 7.08. The van der Waals surface area contributed by atoms with Crippen LogP contribution in [0.15, 0.2) is 78.9 Å². The van der Waals surface area contributed by atoms with Gasteiger partial charge in [0.05, 0.1) is 10.0 Å². The molecule has 29 heavy (non-hydrogen) atoms. The van der Waals surface area contributed by atoms with Crippen LogP contribution in [0.3, 0.4) is 0 Å². The van der Waals surface area contributed by atoms with E-state index in [4.69, 9.17) is 27.9 Å². The van der Waals surface area contributed by atoms with E-state index in [2.05, 4.69) is 61.0 Å². The molecule has 0 fully saturated rings. The van der Waals surface area contributed by atoms with Crippen LogP contribution < -0.4 is 4.74 Å². The average molecular weight is 416 g/mol. The monoisotopic (exact) mass is 415 g/mol. The van der Waals surface area contributed by atoms with E-state index in [1.54, 1.807) is 12.1 Å². The zero-order valence-electron chi connectivity index (χ0n) is 15.5. The van der Waals surface area contributed by atoms with E-state index in [9.17, 15) is 0 Å². The van der Waals surface area contributed by atoms with E-state index in [0.717, 1.165) is 12.2 Å². The molecule has 1 nitrogen and oxygen atoms in total. The van der Waals surface area contributed by atoms with Gasteiger partial charge in [0.25, 0.3) is 0 Å². The van der Waals surface area contributed by atoms with Crippen molar-refractivity contribution in [3.05, 3.63) is 112 Å². The minimum Gasteiger partial charge on any atom is -0.457 e. The third-order valence-electron chi connectivity index (χ3n) is 5.14. The Labute approximate surface area is 180 Å². The molecule has 1 aliphatic rings. The number of allylic oxidation sites excluding steroid dienone is 1. The number of rotatable bonds is 5. The lowest BCUT2D eigenvalue weighted by Gasteiger charge is -2.09. The summed E-state index contributed by atoms with van der Waals surface area (Å²) in [6, 6.07) is 26.4. The Hall–Kier alpha value is -2.74. The van der Waals surface area contributed by atoms with E-state index in [1.807, 2.05) is 18.2 Å². The molecule has 1 radical (unpaired) electrons. The maximum atomic E-state index is 6.08. The number of ether oxygens (including phenoxy) is 1. The molecule has 0 N–H and O–H groups in total. The summed E-state index contributed by atoms with van der Waals surface area (Å²) in [6.45, 7) is 0. The van der Waals surface area contributed by atoms with Crippen molar-refractivity contribution in [3.63, 3.8) is 0 Å². The standard InChI is InChI=1S/C26H17Cl2O/c27-24-13-12-22(16-25(24)28)29-21-8-1-4-17(14-21)10-11-19-15-20-7-2-5-18-6-3-9-23(19)26(18)20/h1-9,11-16H,10H2. The van der Waals surface area contributed by atoms with Crippen molar-refractivity contribution < 1.29 is 4.74 Å². The van der Waals surface area contributed by atoms with Gasteiger partial charge < -0.3 is 4.74 Å². The summed E-state index contributed by atoms with van der Waals surface area (Å²) in [5.74, 6) is 1.45. The Morgan fingerprint density at radius 3 is 2.41 bits per heavy atom. The van der Waals surface area contributed by atoms with Crippen molar-refractivity contribution in [1.29, 1.82) is 0 Å². The van der Waals surface area contributed by atoms with E-state index in [1.165, 1.54) is 33.0 Å². The largest absolute Gasteiger partial charge is 0.457 e. The topological polar surface area (TPSA) is 9.23 Å². The summed E-state index contributed by atoms with van der Waals surface area (Å²) in [7, 11) is 0. The van der Waals surface area contributed by atoms with E-state index >= 15 is 0 Å². The minimum absolute atomic E-state index is 0.482. The van der Waals surface area contributed by atoms with E-state index in [-0.39, 0.29) is 0 Å². The second-order valence-corrected chi connectivity index (χ2v) is 7.90. The van der Waals surface area contributed by atoms with E-state index < -0.39 is 0 Å². The van der Waals surface area contributed by atoms with Gasteiger partial charge in [-0.25, -0.2) is 0 Å². The number of hydrogen-bond acceptors (Lipinski definition) is 1. The molecular weight excluding hydrogens is 399 g/mol. The van der Waals surface area contributed by atoms with Crippen LogP contribution >= 0.6 is 23.2 Å². The molecular formula is C26H17Cl2O. The molecule has 0 saturated carbocycles. The molecule has 0 heterocycles. The highest BCUT2D eigenvalue weighted by molar-refractivity contribution is 6.42. The minimum atomic E-state index is 0.482. The molecule has 4 aromatic rings. The maximum absolute atomic E-state index is 6.08. The summed E-state index contributed by atoms with van der Waals surface area (Å²) >= 11 is 12.1. The first-order valence-corrected chi connectivity index (χ1v) is 10.2. The molecule has 0 saturated heterocycles. The van der Waals surface area contributed by atoms with Crippen molar-refractivity contribution in [2.24, 2.45) is 0 Å². The van der Waals surface area contributed by atoms with Gasteiger partial charge in [-0.05, 0) is 70.1 Å². The summed E-state index contributed by atoms with van der Waals surface area (Å²) in [5.41, 5.74) is 5.06. The third kappa shape index (κ3) is 3.64. The van der Waals surface area contributed by atoms with Gasteiger partial charge in [-0.1, -0.05) is 77.8 Å². The Bertz CT molecular complexity index is 1250. The molecule has 0 atom stereocenters. The lowest BCUT2D eigenvalue weighted by molar-refractivity contribution is 0.482. The van der Waals surface area contributed by atoms with Gasteiger partial charge in [-0.15, -0.1) is 0 Å². The smallest absolute Gasteiger partial charge is 0.129 e. The first kappa shape index (κ1) is 18.3. The highest BCUT2D eigenvalue weighted by Crippen LogP contribution is 2.38. The number of benzene rings is 4. The molecule has 5 rings (SSSR count). The first-order valence-electron chi connectivity index (χ1n) is 9.46. The lowest BCUT2D eigenvalue weighted by atomic mass is 9.98. The van der Waals surface area contributed by atoms with Gasteiger partial charge in [0.2, 0.25) is 0 Å². The Morgan fingerprint density at radius 1 is 0.759 bits per heavy atom.